The average Bonchev–Trinajstić information content (AvgIpc) is 2.58. The van der Waals surface area contributed by atoms with E-state index in [2.05, 4.69) is 38.3 Å². The highest BCUT2D eigenvalue weighted by Crippen LogP contribution is 2.33. The van der Waals surface area contributed by atoms with Crippen molar-refractivity contribution in [2.24, 2.45) is 0 Å². The predicted octanol–water partition coefficient (Wildman–Crippen LogP) is 5.48. The third kappa shape index (κ3) is 5.57. The SMILES string of the molecule is Cc1cccc(NC(=O)N(Cc2ccccc2F)C2CC(C)(C)NC(C)(C)C2)c1. The molecule has 1 fully saturated rings. The third-order valence-corrected chi connectivity index (χ3v) is 5.44. The number of rotatable bonds is 4. The van der Waals surface area contributed by atoms with E-state index in [0.29, 0.717) is 5.56 Å². The third-order valence-electron chi connectivity index (χ3n) is 5.44. The highest BCUT2D eigenvalue weighted by Gasteiger charge is 2.41. The van der Waals surface area contributed by atoms with Crippen molar-refractivity contribution in [1.82, 2.24) is 10.2 Å². The molecule has 0 unspecified atom stereocenters. The van der Waals surface area contributed by atoms with Gasteiger partial charge in [-0.15, -0.1) is 0 Å². The predicted molar refractivity (Wildman–Crippen MR) is 116 cm³/mol. The Morgan fingerprint density at radius 2 is 1.76 bits per heavy atom. The Morgan fingerprint density at radius 1 is 1.10 bits per heavy atom. The number of nitrogens with one attached hydrogen (secondary N) is 2. The quantitative estimate of drug-likeness (QED) is 0.718. The van der Waals surface area contributed by atoms with Gasteiger partial charge in [-0.3, -0.25) is 0 Å². The first kappa shape index (κ1) is 21.3. The van der Waals surface area contributed by atoms with Crippen molar-refractivity contribution in [3.8, 4) is 0 Å². The van der Waals surface area contributed by atoms with Gasteiger partial charge in [-0.1, -0.05) is 30.3 Å². The van der Waals surface area contributed by atoms with Gasteiger partial charge in [0.05, 0.1) is 6.54 Å². The lowest BCUT2D eigenvalue weighted by Crippen LogP contribution is -2.63. The van der Waals surface area contributed by atoms with Gasteiger partial charge < -0.3 is 15.5 Å². The highest BCUT2D eigenvalue weighted by molar-refractivity contribution is 5.89. The molecule has 0 aliphatic carbocycles. The van der Waals surface area contributed by atoms with E-state index >= 15 is 0 Å². The molecule has 1 saturated heterocycles. The minimum atomic E-state index is -0.284. The second-order valence-corrected chi connectivity index (χ2v) is 9.47. The van der Waals surface area contributed by atoms with Gasteiger partial charge in [0.25, 0.3) is 0 Å². The Morgan fingerprint density at radius 3 is 2.38 bits per heavy atom. The molecule has 2 amide bonds. The molecule has 2 aromatic carbocycles. The summed E-state index contributed by atoms with van der Waals surface area (Å²) in [6.07, 6.45) is 1.60. The molecule has 0 spiro atoms. The lowest BCUT2D eigenvalue weighted by molar-refractivity contribution is 0.0831. The number of carbonyl (C=O) groups excluding carboxylic acids is 1. The Labute approximate surface area is 173 Å². The van der Waals surface area contributed by atoms with Crippen LogP contribution in [0.25, 0.3) is 0 Å². The van der Waals surface area contributed by atoms with Gasteiger partial charge in [-0.25, -0.2) is 9.18 Å². The Kier molecular flexibility index (Phi) is 5.99. The van der Waals surface area contributed by atoms with E-state index in [4.69, 9.17) is 0 Å². The summed E-state index contributed by atoms with van der Waals surface area (Å²) in [5.41, 5.74) is 2.11. The number of piperidine rings is 1. The zero-order valence-corrected chi connectivity index (χ0v) is 18.1. The molecule has 0 radical (unpaired) electrons. The van der Waals surface area contributed by atoms with Crippen molar-refractivity contribution in [2.75, 3.05) is 5.32 Å². The van der Waals surface area contributed by atoms with E-state index in [1.807, 2.05) is 37.3 Å². The van der Waals surface area contributed by atoms with Crippen LogP contribution in [-0.2, 0) is 6.54 Å². The topological polar surface area (TPSA) is 44.4 Å². The molecule has 0 saturated carbocycles. The van der Waals surface area contributed by atoms with E-state index in [1.165, 1.54) is 6.07 Å². The van der Waals surface area contributed by atoms with E-state index in [0.717, 1.165) is 24.1 Å². The number of nitrogens with zero attached hydrogens (tertiary/aromatic N) is 1. The molecule has 156 valence electrons. The van der Waals surface area contributed by atoms with Crippen molar-refractivity contribution < 1.29 is 9.18 Å². The second-order valence-electron chi connectivity index (χ2n) is 9.47. The molecule has 1 aliphatic rings. The van der Waals surface area contributed by atoms with Gasteiger partial charge >= 0.3 is 6.03 Å². The minimum Gasteiger partial charge on any atom is -0.317 e. The van der Waals surface area contributed by atoms with Gasteiger partial charge in [-0.05, 0) is 71.2 Å². The minimum absolute atomic E-state index is 0.00864. The monoisotopic (exact) mass is 397 g/mol. The number of urea groups is 1. The van der Waals surface area contributed by atoms with E-state index in [-0.39, 0.29) is 35.5 Å². The van der Waals surface area contributed by atoms with E-state index in [9.17, 15) is 9.18 Å². The molecule has 0 bridgehead atoms. The number of benzene rings is 2. The van der Waals surface area contributed by atoms with Gasteiger partial charge in [0, 0.05) is 28.4 Å². The van der Waals surface area contributed by atoms with Crippen molar-refractivity contribution >= 4 is 11.7 Å². The average molecular weight is 398 g/mol. The van der Waals surface area contributed by atoms with Crippen LogP contribution in [-0.4, -0.2) is 28.1 Å². The number of halogens is 1. The zero-order chi connectivity index (χ0) is 21.2. The largest absolute Gasteiger partial charge is 0.322 e. The first-order chi connectivity index (χ1) is 13.5. The summed E-state index contributed by atoms with van der Waals surface area (Å²) in [6.45, 7) is 10.8. The molecule has 5 heteroatoms. The van der Waals surface area contributed by atoms with Crippen LogP contribution in [0.1, 0.15) is 51.7 Å². The molecule has 4 nitrogen and oxygen atoms in total. The summed E-state index contributed by atoms with van der Waals surface area (Å²) in [4.78, 5) is 15.1. The molecule has 1 heterocycles. The Hall–Kier alpha value is -2.40. The van der Waals surface area contributed by atoms with E-state index in [1.54, 1.807) is 17.0 Å². The molecule has 0 atom stereocenters. The van der Waals surface area contributed by atoms with Crippen LogP contribution in [0.5, 0.6) is 0 Å². The van der Waals surface area contributed by atoms with Crippen molar-refractivity contribution in [1.29, 1.82) is 0 Å². The molecular formula is C24H32FN3O. The number of hydrogen-bond acceptors (Lipinski definition) is 2. The van der Waals surface area contributed by atoms with Crippen LogP contribution in [0.4, 0.5) is 14.9 Å². The summed E-state index contributed by atoms with van der Waals surface area (Å²) in [6, 6.07) is 14.2. The summed E-state index contributed by atoms with van der Waals surface area (Å²) < 4.78 is 14.4. The number of aryl methyl sites for hydroxylation is 1. The fourth-order valence-electron chi connectivity index (χ4n) is 4.58. The Bertz CT molecular complexity index is 862. The summed E-state index contributed by atoms with van der Waals surface area (Å²) in [7, 11) is 0. The molecule has 2 aromatic rings. The lowest BCUT2D eigenvalue weighted by atomic mass is 9.79. The van der Waals surface area contributed by atoms with Crippen LogP contribution in [0.3, 0.4) is 0 Å². The summed E-state index contributed by atoms with van der Waals surface area (Å²) in [5.74, 6) is -0.284. The normalized spacial score (nSPS) is 18.3. The number of hydrogen-bond donors (Lipinski definition) is 2. The summed E-state index contributed by atoms with van der Waals surface area (Å²) >= 11 is 0. The molecule has 3 rings (SSSR count). The molecule has 29 heavy (non-hydrogen) atoms. The fraction of sp³-hybridized carbons (Fsp3) is 0.458. The van der Waals surface area contributed by atoms with Crippen molar-refractivity contribution in [3.05, 3.63) is 65.5 Å². The van der Waals surface area contributed by atoms with Crippen LogP contribution in [0, 0.1) is 12.7 Å². The first-order valence-electron chi connectivity index (χ1n) is 10.2. The Balaban J connectivity index is 1.90. The molecular weight excluding hydrogens is 365 g/mol. The van der Waals surface area contributed by atoms with Crippen molar-refractivity contribution in [2.45, 2.75) is 71.1 Å². The van der Waals surface area contributed by atoms with Crippen LogP contribution in [0.15, 0.2) is 48.5 Å². The number of anilines is 1. The van der Waals surface area contributed by atoms with Gasteiger partial charge in [-0.2, -0.15) is 0 Å². The van der Waals surface area contributed by atoms with Gasteiger partial charge in [0.1, 0.15) is 5.82 Å². The van der Waals surface area contributed by atoms with Crippen LogP contribution in [0.2, 0.25) is 0 Å². The molecule has 1 aliphatic heterocycles. The van der Waals surface area contributed by atoms with E-state index < -0.39 is 0 Å². The molecule has 0 aromatic heterocycles. The standard InChI is InChI=1S/C24H32FN3O/c1-17-9-8-11-19(13-17)26-22(29)28(16-18-10-6-7-12-21(18)25)20-14-23(2,3)27-24(4,5)15-20/h6-13,20,27H,14-16H2,1-5H3,(H,26,29). The maximum absolute atomic E-state index is 14.4. The van der Waals surface area contributed by atoms with Crippen LogP contribution >= 0.6 is 0 Å². The molecule has 2 N–H and O–H groups in total. The smallest absolute Gasteiger partial charge is 0.317 e. The van der Waals surface area contributed by atoms with Gasteiger partial charge in [0.15, 0.2) is 0 Å². The highest BCUT2D eigenvalue weighted by atomic mass is 19.1. The lowest BCUT2D eigenvalue weighted by Gasteiger charge is -2.49. The number of carbonyl (C=O) groups is 1. The zero-order valence-electron chi connectivity index (χ0n) is 18.1. The maximum Gasteiger partial charge on any atom is 0.322 e. The fourth-order valence-corrected chi connectivity index (χ4v) is 4.58. The second kappa shape index (κ2) is 8.15. The van der Waals surface area contributed by atoms with Gasteiger partial charge in [0.2, 0.25) is 0 Å². The maximum atomic E-state index is 14.4. The number of amides is 2. The van der Waals surface area contributed by atoms with Crippen molar-refractivity contribution in [3.63, 3.8) is 0 Å². The summed E-state index contributed by atoms with van der Waals surface area (Å²) in [5, 5.41) is 6.67. The first-order valence-corrected chi connectivity index (χ1v) is 10.2. The van der Waals surface area contributed by atoms with Crippen LogP contribution < -0.4 is 10.6 Å².